The van der Waals surface area contributed by atoms with Gasteiger partial charge in [-0.1, -0.05) is 50.8 Å². The highest BCUT2D eigenvalue weighted by atomic mass is 31.2. The smallest absolute Gasteiger partial charge is 0.247 e. The van der Waals surface area contributed by atoms with E-state index in [0.29, 0.717) is 18.1 Å². The van der Waals surface area contributed by atoms with Gasteiger partial charge >= 0.3 is 0 Å². The maximum atomic E-state index is 13.1. The molecule has 2 aromatic rings. The lowest BCUT2D eigenvalue weighted by molar-refractivity contribution is -0.111. The fourth-order valence-corrected chi connectivity index (χ4v) is 7.00. The molecule has 4 rings (SSSR count). The third-order valence-electron chi connectivity index (χ3n) is 7.78. The second-order valence-electron chi connectivity index (χ2n) is 10.7. The zero-order valence-corrected chi connectivity index (χ0v) is 23.7. The van der Waals surface area contributed by atoms with E-state index in [-0.39, 0.29) is 23.7 Å². The summed E-state index contributed by atoms with van der Waals surface area (Å²) in [7, 11) is -0.819. The summed E-state index contributed by atoms with van der Waals surface area (Å²) >= 11 is 0. The van der Waals surface area contributed by atoms with Gasteiger partial charge in [-0.15, -0.1) is 0 Å². The first-order valence-electron chi connectivity index (χ1n) is 13.5. The Bertz CT molecular complexity index is 1170. The van der Waals surface area contributed by atoms with Crippen LogP contribution in [0.3, 0.4) is 0 Å². The van der Waals surface area contributed by atoms with E-state index in [1.54, 1.807) is 7.11 Å². The Morgan fingerprint density at radius 3 is 2.26 bits per heavy atom. The molecule has 1 saturated carbocycles. The zero-order valence-electron chi connectivity index (χ0n) is 22.8. The Hall–Kier alpha value is -2.80. The number of carbonyl (C=O) groups is 1. The van der Waals surface area contributed by atoms with Crippen LogP contribution in [0, 0.1) is 5.41 Å². The Morgan fingerprint density at radius 2 is 1.63 bits per heavy atom. The predicted octanol–water partition coefficient (Wildman–Crippen LogP) is 5.12. The number of para-hydroxylation sites is 1. The second-order valence-corrected chi connectivity index (χ2v) is 13.9. The summed E-state index contributed by atoms with van der Waals surface area (Å²) in [4.78, 5) is 11.9. The van der Waals surface area contributed by atoms with E-state index in [1.807, 2.05) is 55.8 Å². The van der Waals surface area contributed by atoms with Crippen molar-refractivity contribution in [1.29, 1.82) is 0 Å². The zero-order chi connectivity index (χ0) is 27.2. The largest absolute Gasteiger partial charge is 0.495 e. The summed E-state index contributed by atoms with van der Waals surface area (Å²) < 4.78 is 18.8. The van der Waals surface area contributed by atoms with Gasteiger partial charge in [-0.25, -0.2) is 0 Å². The highest BCUT2D eigenvalue weighted by Crippen LogP contribution is 2.44. The SMILES string of the molecule is C=CC(=O)Nc1ccc(OC)c(NC2NCNC(Nc3ccccc3P(C)(C)=O)C23CCCCCCC3)c1. The number of nitrogens with one attached hydrogen (secondary N) is 5. The molecule has 1 amide bonds. The number of benzene rings is 2. The quantitative estimate of drug-likeness (QED) is 0.234. The number of anilines is 3. The molecule has 2 atom stereocenters. The van der Waals surface area contributed by atoms with E-state index >= 15 is 0 Å². The fourth-order valence-electron chi connectivity index (χ4n) is 5.83. The lowest BCUT2D eigenvalue weighted by Gasteiger charge is -2.52. The maximum absolute atomic E-state index is 13.1. The van der Waals surface area contributed by atoms with Crippen molar-refractivity contribution in [3.8, 4) is 5.75 Å². The van der Waals surface area contributed by atoms with Crippen LogP contribution >= 0.6 is 7.14 Å². The molecule has 2 aromatic carbocycles. The average molecular weight is 540 g/mol. The lowest BCUT2D eigenvalue weighted by atomic mass is 9.70. The van der Waals surface area contributed by atoms with Crippen molar-refractivity contribution < 1.29 is 14.1 Å². The number of hydrogen-bond donors (Lipinski definition) is 5. The third-order valence-corrected chi connectivity index (χ3v) is 9.33. The molecule has 2 unspecified atom stereocenters. The minimum absolute atomic E-state index is 0.0401. The molecular formula is C29H42N5O3P. The van der Waals surface area contributed by atoms with Gasteiger partial charge in [0, 0.05) is 28.8 Å². The topological polar surface area (TPSA) is 104 Å². The van der Waals surface area contributed by atoms with Crippen molar-refractivity contribution in [3.63, 3.8) is 0 Å². The van der Waals surface area contributed by atoms with Crippen LogP contribution in [0.25, 0.3) is 0 Å². The first kappa shape index (κ1) is 28.2. The highest BCUT2D eigenvalue weighted by Gasteiger charge is 2.48. The van der Waals surface area contributed by atoms with Gasteiger partial charge < -0.3 is 25.3 Å². The van der Waals surface area contributed by atoms with Gasteiger partial charge in [0.25, 0.3) is 0 Å². The van der Waals surface area contributed by atoms with E-state index in [4.69, 9.17) is 4.74 Å². The summed E-state index contributed by atoms with van der Waals surface area (Å²) in [6.07, 6.45) is 9.15. The number of amides is 1. The lowest BCUT2D eigenvalue weighted by Crippen LogP contribution is -2.69. The van der Waals surface area contributed by atoms with E-state index in [1.165, 1.54) is 25.3 Å². The molecule has 2 fully saturated rings. The van der Waals surface area contributed by atoms with E-state index in [2.05, 4.69) is 33.2 Å². The molecule has 9 heteroatoms. The average Bonchev–Trinajstić information content (AvgIpc) is 2.87. The highest BCUT2D eigenvalue weighted by molar-refractivity contribution is 7.70. The molecule has 1 aliphatic carbocycles. The normalized spacial score (nSPS) is 21.6. The van der Waals surface area contributed by atoms with Gasteiger partial charge in [-0.05, 0) is 62.6 Å². The van der Waals surface area contributed by atoms with Gasteiger partial charge in [0.2, 0.25) is 5.91 Å². The van der Waals surface area contributed by atoms with Crippen molar-refractivity contribution in [2.75, 3.05) is 43.1 Å². The van der Waals surface area contributed by atoms with Gasteiger partial charge in [0.15, 0.2) is 0 Å². The summed E-state index contributed by atoms with van der Waals surface area (Å²) in [5, 5.41) is 18.6. The first-order chi connectivity index (χ1) is 18.3. The monoisotopic (exact) mass is 539 g/mol. The molecule has 8 nitrogen and oxygen atoms in total. The molecule has 1 aliphatic heterocycles. The van der Waals surface area contributed by atoms with Crippen molar-refractivity contribution in [1.82, 2.24) is 10.6 Å². The predicted molar refractivity (Wildman–Crippen MR) is 158 cm³/mol. The van der Waals surface area contributed by atoms with Gasteiger partial charge in [-0.3, -0.25) is 15.4 Å². The van der Waals surface area contributed by atoms with Crippen molar-refractivity contribution in [2.24, 2.45) is 5.41 Å². The summed E-state index contributed by atoms with van der Waals surface area (Å²) in [6, 6.07) is 13.5. The van der Waals surface area contributed by atoms with Crippen molar-refractivity contribution in [3.05, 3.63) is 55.1 Å². The molecule has 0 bridgehead atoms. The number of hydrogen-bond acceptors (Lipinski definition) is 7. The molecule has 1 heterocycles. The van der Waals surface area contributed by atoms with Crippen LogP contribution in [-0.2, 0) is 9.36 Å². The Morgan fingerprint density at radius 1 is 1.00 bits per heavy atom. The molecule has 38 heavy (non-hydrogen) atoms. The van der Waals surface area contributed by atoms with Crippen LogP contribution < -0.4 is 36.6 Å². The standard InChI is InChI=1S/C29H42N5O3P/c1-5-26(35)32-21-15-16-24(37-2)23(19-21)34-28-29(17-11-7-6-8-12-18-29)27(30-20-31-28)33-22-13-9-10-14-25(22)38(3,4)36/h5,9-10,13-16,19,27-28,30-31,33-34H,1,6-8,11-12,17-18,20H2,2-4H3,(H,32,35). The van der Waals surface area contributed by atoms with Gasteiger partial charge in [0.05, 0.1) is 25.1 Å². The van der Waals surface area contributed by atoms with Crippen LogP contribution in [0.2, 0.25) is 0 Å². The van der Waals surface area contributed by atoms with Crippen LogP contribution in [0.4, 0.5) is 17.1 Å². The van der Waals surface area contributed by atoms with Crippen molar-refractivity contribution in [2.45, 2.75) is 57.3 Å². The van der Waals surface area contributed by atoms with Crippen LogP contribution in [0.5, 0.6) is 5.75 Å². The molecule has 0 radical (unpaired) electrons. The maximum Gasteiger partial charge on any atom is 0.247 e. The summed E-state index contributed by atoms with van der Waals surface area (Å²) in [5.74, 6) is 0.445. The van der Waals surface area contributed by atoms with Crippen molar-refractivity contribution >= 4 is 35.4 Å². The Balaban J connectivity index is 1.70. The van der Waals surface area contributed by atoms with Crippen LogP contribution in [0.1, 0.15) is 44.9 Å². The molecule has 2 aliphatic rings. The fraction of sp³-hybridized carbons (Fsp3) is 0.483. The first-order valence-corrected chi connectivity index (χ1v) is 16.1. The second kappa shape index (κ2) is 12.4. The molecule has 0 aromatic heterocycles. The number of carbonyl (C=O) groups excluding carboxylic acids is 1. The number of rotatable bonds is 8. The third kappa shape index (κ3) is 6.42. The van der Waals surface area contributed by atoms with Crippen LogP contribution in [-0.4, -0.2) is 45.3 Å². The minimum atomic E-state index is -2.47. The van der Waals surface area contributed by atoms with Gasteiger partial charge in [0.1, 0.15) is 12.9 Å². The summed E-state index contributed by atoms with van der Waals surface area (Å²) in [5.41, 5.74) is 2.22. The van der Waals surface area contributed by atoms with Crippen LogP contribution in [0.15, 0.2) is 55.1 Å². The Kier molecular flexibility index (Phi) is 9.19. The molecule has 206 valence electrons. The van der Waals surface area contributed by atoms with Gasteiger partial charge in [-0.2, -0.15) is 0 Å². The number of methoxy groups -OCH3 is 1. The molecule has 5 N–H and O–H groups in total. The van der Waals surface area contributed by atoms with E-state index in [0.717, 1.165) is 42.4 Å². The van der Waals surface area contributed by atoms with E-state index in [9.17, 15) is 9.36 Å². The summed E-state index contributed by atoms with van der Waals surface area (Å²) in [6.45, 7) is 7.80. The van der Waals surface area contributed by atoms with E-state index < -0.39 is 7.14 Å². The molecule has 1 saturated heterocycles. The molecular weight excluding hydrogens is 497 g/mol. The number of ether oxygens (including phenoxy) is 1. The molecule has 1 spiro atoms. The Labute approximate surface area is 226 Å². The minimum Gasteiger partial charge on any atom is -0.495 e.